The van der Waals surface area contributed by atoms with Gasteiger partial charge in [0.05, 0.1) is 0 Å². The molecule has 0 radical (unpaired) electrons. The quantitative estimate of drug-likeness (QED) is 0.428. The third-order valence-corrected chi connectivity index (χ3v) is 4.01. The maximum absolute atomic E-state index is 8.92. The minimum absolute atomic E-state index is 0.357. The molecule has 0 aromatic heterocycles. The Balaban J connectivity index is 3.11. The van der Waals surface area contributed by atoms with E-state index in [9.17, 15) is 0 Å². The summed E-state index contributed by atoms with van der Waals surface area (Å²) in [5, 5.41) is 8.92. The summed E-state index contributed by atoms with van der Waals surface area (Å²) >= 11 is 0. The van der Waals surface area contributed by atoms with Crippen LogP contribution in [-0.4, -0.2) is 11.7 Å². The van der Waals surface area contributed by atoms with Gasteiger partial charge in [0, 0.05) is 6.61 Å². The Morgan fingerprint density at radius 2 is 1.11 bits per heavy atom. The fourth-order valence-corrected chi connectivity index (χ4v) is 2.48. The highest BCUT2D eigenvalue weighted by Gasteiger charge is 2.01. The lowest BCUT2D eigenvalue weighted by Gasteiger charge is -2.10. The SMILES string of the molecule is CCCCC(C)CCCCCCCCC(C)CO. The normalized spacial score (nSPS) is 14.7. The Hall–Kier alpha value is -0.0400. The molecule has 0 aliphatic rings. The first-order valence-corrected chi connectivity index (χ1v) is 8.31. The lowest BCUT2D eigenvalue weighted by atomic mass is 9.96. The van der Waals surface area contributed by atoms with E-state index in [0.29, 0.717) is 12.5 Å². The lowest BCUT2D eigenvalue weighted by molar-refractivity contribution is 0.227. The van der Waals surface area contributed by atoms with Gasteiger partial charge in [-0.1, -0.05) is 85.0 Å². The van der Waals surface area contributed by atoms with Crippen LogP contribution in [0.1, 0.15) is 91.4 Å². The minimum atomic E-state index is 0.357. The smallest absolute Gasteiger partial charge is 0.0456 e. The van der Waals surface area contributed by atoms with E-state index in [0.717, 1.165) is 5.92 Å². The molecule has 1 nitrogen and oxygen atoms in total. The summed E-state index contributed by atoms with van der Waals surface area (Å²) in [6.07, 6.45) is 15.1. The highest BCUT2D eigenvalue weighted by atomic mass is 16.3. The predicted octanol–water partition coefficient (Wildman–Crippen LogP) is 5.56. The first-order valence-electron chi connectivity index (χ1n) is 8.31. The molecule has 0 amide bonds. The Labute approximate surface area is 115 Å². The average molecular weight is 256 g/mol. The van der Waals surface area contributed by atoms with E-state index in [1.165, 1.54) is 70.6 Å². The van der Waals surface area contributed by atoms with Gasteiger partial charge in [0.1, 0.15) is 0 Å². The molecule has 0 heterocycles. The van der Waals surface area contributed by atoms with Crippen LogP contribution < -0.4 is 0 Å². The Morgan fingerprint density at radius 1 is 0.667 bits per heavy atom. The van der Waals surface area contributed by atoms with Crippen molar-refractivity contribution in [3.05, 3.63) is 0 Å². The number of rotatable bonds is 13. The third kappa shape index (κ3) is 12.4. The van der Waals surface area contributed by atoms with Crippen LogP contribution in [0.5, 0.6) is 0 Å². The number of unbranched alkanes of at least 4 members (excludes halogenated alkanes) is 6. The summed E-state index contributed by atoms with van der Waals surface area (Å²) < 4.78 is 0. The summed E-state index contributed by atoms with van der Waals surface area (Å²) in [5.74, 6) is 1.44. The first kappa shape index (κ1) is 18.0. The molecule has 1 heteroatoms. The molecule has 0 aromatic rings. The maximum atomic E-state index is 8.92. The van der Waals surface area contributed by atoms with Crippen LogP contribution >= 0.6 is 0 Å². The van der Waals surface area contributed by atoms with Crippen LogP contribution in [0.25, 0.3) is 0 Å². The van der Waals surface area contributed by atoms with Crippen LogP contribution in [0.15, 0.2) is 0 Å². The van der Waals surface area contributed by atoms with Crippen LogP contribution in [0.2, 0.25) is 0 Å². The van der Waals surface area contributed by atoms with E-state index >= 15 is 0 Å². The van der Waals surface area contributed by atoms with Gasteiger partial charge in [-0.15, -0.1) is 0 Å². The summed E-state index contributed by atoms with van der Waals surface area (Å²) in [7, 11) is 0. The van der Waals surface area contributed by atoms with Crippen LogP contribution in [-0.2, 0) is 0 Å². The van der Waals surface area contributed by atoms with E-state index in [4.69, 9.17) is 5.11 Å². The zero-order valence-corrected chi connectivity index (χ0v) is 13.1. The molecule has 0 saturated heterocycles. The molecular weight excluding hydrogens is 220 g/mol. The summed E-state index contributed by atoms with van der Waals surface area (Å²) in [5.41, 5.74) is 0. The third-order valence-electron chi connectivity index (χ3n) is 4.01. The molecule has 110 valence electrons. The Morgan fingerprint density at radius 3 is 1.61 bits per heavy atom. The van der Waals surface area contributed by atoms with Gasteiger partial charge in [0.2, 0.25) is 0 Å². The second-order valence-corrected chi connectivity index (χ2v) is 6.23. The van der Waals surface area contributed by atoms with Gasteiger partial charge >= 0.3 is 0 Å². The van der Waals surface area contributed by atoms with Crippen molar-refractivity contribution in [2.75, 3.05) is 6.61 Å². The molecule has 0 spiro atoms. The van der Waals surface area contributed by atoms with Crippen molar-refractivity contribution < 1.29 is 5.11 Å². The second kappa shape index (κ2) is 13.4. The zero-order chi connectivity index (χ0) is 13.6. The molecule has 0 aliphatic heterocycles. The summed E-state index contributed by atoms with van der Waals surface area (Å²) in [6.45, 7) is 7.18. The van der Waals surface area contributed by atoms with E-state index in [1.807, 2.05) is 0 Å². The molecule has 2 atom stereocenters. The van der Waals surface area contributed by atoms with E-state index in [2.05, 4.69) is 20.8 Å². The molecule has 0 aromatic carbocycles. The fourth-order valence-electron chi connectivity index (χ4n) is 2.48. The Bertz CT molecular complexity index is 156. The molecule has 0 bridgehead atoms. The maximum Gasteiger partial charge on any atom is 0.0456 e. The van der Waals surface area contributed by atoms with E-state index in [1.54, 1.807) is 0 Å². The molecule has 0 fully saturated rings. The highest BCUT2D eigenvalue weighted by molar-refractivity contribution is 4.55. The van der Waals surface area contributed by atoms with Crippen molar-refractivity contribution in [2.45, 2.75) is 91.4 Å². The molecule has 1 N–H and O–H groups in total. The van der Waals surface area contributed by atoms with Crippen molar-refractivity contribution in [3.8, 4) is 0 Å². The minimum Gasteiger partial charge on any atom is -0.396 e. The standard InChI is InChI=1S/C17H36O/c1-4-5-12-16(2)13-10-8-6-7-9-11-14-17(3)15-18/h16-18H,4-15H2,1-3H3. The Kier molecular flexibility index (Phi) is 13.4. The van der Waals surface area contributed by atoms with Crippen molar-refractivity contribution >= 4 is 0 Å². The van der Waals surface area contributed by atoms with Gasteiger partial charge in [-0.25, -0.2) is 0 Å². The van der Waals surface area contributed by atoms with Gasteiger partial charge in [-0.2, -0.15) is 0 Å². The predicted molar refractivity (Wildman–Crippen MR) is 81.9 cm³/mol. The highest BCUT2D eigenvalue weighted by Crippen LogP contribution is 2.17. The largest absolute Gasteiger partial charge is 0.396 e. The zero-order valence-electron chi connectivity index (χ0n) is 13.1. The van der Waals surface area contributed by atoms with Gasteiger partial charge in [-0.3, -0.25) is 0 Å². The van der Waals surface area contributed by atoms with Gasteiger partial charge in [0.15, 0.2) is 0 Å². The molecule has 0 aliphatic carbocycles. The molecule has 2 unspecified atom stereocenters. The monoisotopic (exact) mass is 256 g/mol. The second-order valence-electron chi connectivity index (χ2n) is 6.23. The number of aliphatic hydroxyl groups excluding tert-OH is 1. The topological polar surface area (TPSA) is 20.2 Å². The average Bonchev–Trinajstić information content (AvgIpc) is 2.38. The van der Waals surface area contributed by atoms with E-state index < -0.39 is 0 Å². The molecule has 0 rings (SSSR count). The summed E-state index contributed by atoms with van der Waals surface area (Å²) in [4.78, 5) is 0. The molecule has 0 saturated carbocycles. The lowest BCUT2D eigenvalue weighted by Crippen LogP contribution is -1.99. The van der Waals surface area contributed by atoms with Crippen molar-refractivity contribution in [1.29, 1.82) is 0 Å². The molecular formula is C17H36O. The number of hydrogen-bond acceptors (Lipinski definition) is 1. The van der Waals surface area contributed by atoms with Gasteiger partial charge in [0.25, 0.3) is 0 Å². The van der Waals surface area contributed by atoms with Gasteiger partial charge in [-0.05, 0) is 18.3 Å². The number of hydrogen-bond donors (Lipinski definition) is 1. The van der Waals surface area contributed by atoms with Crippen molar-refractivity contribution in [3.63, 3.8) is 0 Å². The van der Waals surface area contributed by atoms with E-state index in [-0.39, 0.29) is 0 Å². The van der Waals surface area contributed by atoms with Crippen LogP contribution in [0.3, 0.4) is 0 Å². The molecule has 18 heavy (non-hydrogen) atoms. The van der Waals surface area contributed by atoms with Crippen molar-refractivity contribution in [2.24, 2.45) is 11.8 Å². The van der Waals surface area contributed by atoms with Crippen LogP contribution in [0, 0.1) is 11.8 Å². The van der Waals surface area contributed by atoms with Crippen molar-refractivity contribution in [1.82, 2.24) is 0 Å². The van der Waals surface area contributed by atoms with Crippen LogP contribution in [0.4, 0.5) is 0 Å². The van der Waals surface area contributed by atoms with Gasteiger partial charge < -0.3 is 5.11 Å². The first-order chi connectivity index (χ1) is 8.70. The fraction of sp³-hybridized carbons (Fsp3) is 1.00. The summed E-state index contributed by atoms with van der Waals surface area (Å²) in [6, 6.07) is 0. The number of aliphatic hydroxyl groups is 1.